The maximum Gasteiger partial charge on any atom is 0.0942 e. The SMILES string of the molecule is OC[C@@H]1CN(SI)[C@@H](Cc2ccc(Cl)cc2)CO1. The summed E-state index contributed by atoms with van der Waals surface area (Å²) in [6.45, 7) is 1.51. The first kappa shape index (κ1) is 14.9. The van der Waals surface area contributed by atoms with Crippen LogP contribution in [0.15, 0.2) is 24.3 Å². The van der Waals surface area contributed by atoms with Crippen LogP contribution in [0.2, 0.25) is 5.02 Å². The molecule has 2 rings (SSSR count). The minimum Gasteiger partial charge on any atom is -0.394 e. The van der Waals surface area contributed by atoms with E-state index in [0.717, 1.165) is 18.0 Å². The lowest BCUT2D eigenvalue weighted by molar-refractivity contribution is -0.0520. The molecule has 100 valence electrons. The summed E-state index contributed by atoms with van der Waals surface area (Å²) < 4.78 is 7.91. The van der Waals surface area contributed by atoms with Crippen LogP contribution in [0.5, 0.6) is 0 Å². The first-order chi connectivity index (χ1) is 8.72. The van der Waals surface area contributed by atoms with Crippen molar-refractivity contribution >= 4 is 41.9 Å². The van der Waals surface area contributed by atoms with E-state index in [2.05, 4.69) is 37.6 Å². The maximum absolute atomic E-state index is 9.13. The summed E-state index contributed by atoms with van der Waals surface area (Å²) in [5.74, 6) is 0. The van der Waals surface area contributed by atoms with Crippen LogP contribution in [0.25, 0.3) is 0 Å². The smallest absolute Gasteiger partial charge is 0.0942 e. The summed E-state index contributed by atoms with van der Waals surface area (Å²) >= 11 is 8.16. The van der Waals surface area contributed by atoms with Gasteiger partial charge in [-0.15, -0.1) is 0 Å². The largest absolute Gasteiger partial charge is 0.394 e. The summed E-state index contributed by atoms with van der Waals surface area (Å²) in [7, 11) is 1.68. The van der Waals surface area contributed by atoms with Gasteiger partial charge in [-0.3, -0.25) is 0 Å². The third-order valence-corrected chi connectivity index (χ3v) is 5.39. The number of nitrogens with zero attached hydrogens (tertiary/aromatic N) is 1. The Morgan fingerprint density at radius 1 is 1.44 bits per heavy atom. The lowest BCUT2D eigenvalue weighted by atomic mass is 10.1. The Bertz CT molecular complexity index is 379. The van der Waals surface area contributed by atoms with Gasteiger partial charge in [-0.25, -0.2) is 4.31 Å². The predicted octanol–water partition coefficient (Wildman–Crippen LogP) is 2.94. The predicted molar refractivity (Wildman–Crippen MR) is 84.1 cm³/mol. The normalized spacial score (nSPS) is 25.3. The van der Waals surface area contributed by atoms with Crippen molar-refractivity contribution in [2.24, 2.45) is 0 Å². The van der Waals surface area contributed by atoms with Gasteiger partial charge in [-0.2, -0.15) is 0 Å². The number of halogens is 2. The van der Waals surface area contributed by atoms with Crippen LogP contribution < -0.4 is 0 Å². The van der Waals surface area contributed by atoms with Gasteiger partial charge in [-0.05, 0) is 33.2 Å². The number of benzene rings is 1. The quantitative estimate of drug-likeness (QED) is 0.623. The van der Waals surface area contributed by atoms with E-state index in [9.17, 15) is 0 Å². The van der Waals surface area contributed by atoms with E-state index < -0.39 is 0 Å². The van der Waals surface area contributed by atoms with E-state index in [1.165, 1.54) is 5.56 Å². The zero-order chi connectivity index (χ0) is 13.0. The molecule has 1 N–H and O–H groups in total. The van der Waals surface area contributed by atoms with Crippen molar-refractivity contribution < 1.29 is 9.84 Å². The number of aliphatic hydroxyl groups excluding tert-OH is 1. The molecule has 1 fully saturated rings. The van der Waals surface area contributed by atoms with Gasteiger partial charge in [-0.1, -0.05) is 23.7 Å². The van der Waals surface area contributed by atoms with E-state index >= 15 is 0 Å². The number of rotatable bonds is 4. The van der Waals surface area contributed by atoms with E-state index in [1.807, 2.05) is 12.1 Å². The van der Waals surface area contributed by atoms with Gasteiger partial charge < -0.3 is 9.84 Å². The molecule has 0 amide bonds. The fraction of sp³-hybridized carbons (Fsp3) is 0.500. The highest BCUT2D eigenvalue weighted by Crippen LogP contribution is 2.28. The van der Waals surface area contributed by atoms with Crippen molar-refractivity contribution in [3.05, 3.63) is 34.9 Å². The Morgan fingerprint density at radius 3 is 2.78 bits per heavy atom. The summed E-state index contributed by atoms with van der Waals surface area (Å²) in [5.41, 5.74) is 1.26. The van der Waals surface area contributed by atoms with Crippen LogP contribution in [0.4, 0.5) is 0 Å². The molecule has 0 radical (unpaired) electrons. The van der Waals surface area contributed by atoms with Crippen molar-refractivity contribution in [2.45, 2.75) is 18.6 Å². The summed E-state index contributed by atoms with van der Waals surface area (Å²) in [6.07, 6.45) is 0.874. The average Bonchev–Trinajstić information content (AvgIpc) is 2.41. The second kappa shape index (κ2) is 7.31. The zero-order valence-corrected chi connectivity index (χ0v) is 13.5. The summed E-state index contributed by atoms with van der Waals surface area (Å²) in [6, 6.07) is 8.28. The standard InChI is InChI=1S/C12H15ClINO2S/c13-10-3-1-9(2-4-10)5-11-8-17-12(7-16)6-15(11)18-14/h1-4,11-12,16H,5-8H2/t11-,12-/m0/s1. The van der Waals surface area contributed by atoms with Gasteiger partial charge in [0.1, 0.15) is 0 Å². The third-order valence-electron chi connectivity index (χ3n) is 2.99. The Kier molecular flexibility index (Phi) is 6.03. The summed E-state index contributed by atoms with van der Waals surface area (Å²) in [4.78, 5) is 0. The number of hydrogen-bond donors (Lipinski definition) is 1. The van der Waals surface area contributed by atoms with Crippen molar-refractivity contribution in [1.29, 1.82) is 0 Å². The lowest BCUT2D eigenvalue weighted by Crippen LogP contribution is -2.47. The molecule has 1 aliphatic rings. The van der Waals surface area contributed by atoms with Crippen LogP contribution in [-0.2, 0) is 11.2 Å². The molecule has 0 spiro atoms. The molecule has 1 aromatic rings. The van der Waals surface area contributed by atoms with Gasteiger partial charge in [0.15, 0.2) is 0 Å². The molecular formula is C12H15ClINO2S. The highest BCUT2D eigenvalue weighted by atomic mass is 127. The molecule has 1 aliphatic heterocycles. The van der Waals surface area contributed by atoms with Crippen LogP contribution in [0.1, 0.15) is 5.56 Å². The van der Waals surface area contributed by atoms with E-state index in [-0.39, 0.29) is 12.7 Å². The van der Waals surface area contributed by atoms with Crippen molar-refractivity contribution in [3.63, 3.8) is 0 Å². The van der Waals surface area contributed by atoms with Gasteiger partial charge in [0.25, 0.3) is 0 Å². The van der Waals surface area contributed by atoms with E-state index in [0.29, 0.717) is 12.6 Å². The molecule has 0 bridgehead atoms. The van der Waals surface area contributed by atoms with Crippen LogP contribution in [-0.4, -0.2) is 41.3 Å². The summed E-state index contributed by atoms with van der Waals surface area (Å²) in [5, 5.41) is 9.90. The van der Waals surface area contributed by atoms with Crippen LogP contribution >= 0.6 is 41.9 Å². The van der Waals surface area contributed by atoms with Gasteiger partial charge in [0.05, 0.1) is 19.3 Å². The van der Waals surface area contributed by atoms with Crippen molar-refractivity contribution in [1.82, 2.24) is 4.31 Å². The highest BCUT2D eigenvalue weighted by Gasteiger charge is 2.28. The van der Waals surface area contributed by atoms with Crippen molar-refractivity contribution in [2.75, 3.05) is 19.8 Å². The Balaban J connectivity index is 1.97. The fourth-order valence-electron chi connectivity index (χ4n) is 1.98. The molecule has 1 saturated heterocycles. The first-order valence-corrected chi connectivity index (χ1v) is 9.44. The van der Waals surface area contributed by atoms with Crippen molar-refractivity contribution in [3.8, 4) is 0 Å². The maximum atomic E-state index is 9.13. The molecule has 3 nitrogen and oxygen atoms in total. The van der Waals surface area contributed by atoms with Crippen LogP contribution in [0.3, 0.4) is 0 Å². The third kappa shape index (κ3) is 3.98. The Morgan fingerprint density at radius 2 is 2.17 bits per heavy atom. The van der Waals surface area contributed by atoms with Gasteiger partial charge in [0, 0.05) is 38.8 Å². The number of morpholine rings is 1. The number of aliphatic hydroxyl groups is 1. The zero-order valence-electron chi connectivity index (χ0n) is 9.76. The molecular weight excluding hydrogens is 385 g/mol. The topological polar surface area (TPSA) is 32.7 Å². The molecule has 0 aromatic heterocycles. The molecule has 1 heterocycles. The van der Waals surface area contributed by atoms with E-state index in [1.54, 1.807) is 9.12 Å². The highest BCUT2D eigenvalue weighted by molar-refractivity contribution is 14.2. The minimum atomic E-state index is -0.0614. The molecule has 18 heavy (non-hydrogen) atoms. The first-order valence-electron chi connectivity index (χ1n) is 5.75. The number of ether oxygens (including phenoxy) is 1. The molecule has 0 unspecified atom stereocenters. The fourth-order valence-corrected chi connectivity index (χ4v) is 4.03. The minimum absolute atomic E-state index is 0.0614. The lowest BCUT2D eigenvalue weighted by Gasteiger charge is -2.36. The Hall–Kier alpha value is 0.470. The molecule has 0 saturated carbocycles. The molecule has 2 atom stereocenters. The Labute approximate surface area is 129 Å². The number of hydrogen-bond acceptors (Lipinski definition) is 4. The second-order valence-corrected chi connectivity index (χ2v) is 6.52. The second-order valence-electron chi connectivity index (χ2n) is 4.29. The molecule has 1 aromatic carbocycles. The average molecular weight is 400 g/mol. The molecule has 0 aliphatic carbocycles. The molecule has 6 heteroatoms. The monoisotopic (exact) mass is 399 g/mol. The van der Waals surface area contributed by atoms with Crippen LogP contribution in [0, 0.1) is 0 Å². The van der Waals surface area contributed by atoms with Gasteiger partial charge in [0.2, 0.25) is 0 Å². The van der Waals surface area contributed by atoms with E-state index in [4.69, 9.17) is 21.4 Å². The van der Waals surface area contributed by atoms with Gasteiger partial charge >= 0.3 is 0 Å².